The van der Waals surface area contributed by atoms with Gasteiger partial charge >= 0.3 is 6.09 Å². The molecule has 0 N–H and O–H groups in total. The molecule has 0 unspecified atom stereocenters. The van der Waals surface area contributed by atoms with E-state index >= 15 is 4.39 Å². The Bertz CT molecular complexity index is 1980. The zero-order valence-corrected chi connectivity index (χ0v) is 31.3. The summed E-state index contributed by atoms with van der Waals surface area (Å²) in [7, 11) is -2.67. The minimum atomic E-state index is -4.11. The summed E-state index contributed by atoms with van der Waals surface area (Å²) in [5.41, 5.74) is 0.221. The van der Waals surface area contributed by atoms with E-state index in [0.717, 1.165) is 6.07 Å². The van der Waals surface area contributed by atoms with Crippen LogP contribution in [-0.2, 0) is 31.4 Å². The van der Waals surface area contributed by atoms with Gasteiger partial charge in [0.25, 0.3) is 0 Å². The Hall–Kier alpha value is -3.74. The monoisotopic (exact) mass is 786 g/mol. The van der Waals surface area contributed by atoms with Crippen LogP contribution in [0.4, 0.5) is 19.3 Å². The van der Waals surface area contributed by atoms with E-state index in [0.29, 0.717) is 11.5 Å². The maximum absolute atomic E-state index is 15.2. The number of hydrogen-bond donors (Lipinski definition) is 0. The van der Waals surface area contributed by atoms with Crippen molar-refractivity contribution in [2.75, 3.05) is 54.6 Å². The number of rotatable bonds is 10. The Balaban J connectivity index is 1.36. The van der Waals surface area contributed by atoms with E-state index in [-0.39, 0.29) is 84.4 Å². The van der Waals surface area contributed by atoms with E-state index in [4.69, 9.17) is 35.3 Å². The Labute approximate surface area is 306 Å². The van der Waals surface area contributed by atoms with Crippen molar-refractivity contribution in [1.82, 2.24) is 13.1 Å². The first-order valence-corrected chi connectivity index (χ1v) is 19.7. The van der Waals surface area contributed by atoms with Gasteiger partial charge in [-0.3, -0.25) is 0 Å². The second kappa shape index (κ2) is 14.6. The van der Waals surface area contributed by atoms with Crippen LogP contribution in [0.1, 0.15) is 31.2 Å². The van der Waals surface area contributed by atoms with Crippen molar-refractivity contribution < 1.29 is 54.1 Å². The molecule has 3 aromatic rings. The van der Waals surface area contributed by atoms with Crippen molar-refractivity contribution in [3.63, 3.8) is 0 Å². The number of cyclic esters (lactones) is 1. The van der Waals surface area contributed by atoms with Crippen LogP contribution < -0.4 is 23.4 Å². The number of amides is 1. The molecule has 0 spiro atoms. The molecule has 0 atom stereocenters. The van der Waals surface area contributed by atoms with Gasteiger partial charge in [-0.05, 0) is 24.3 Å². The van der Waals surface area contributed by atoms with E-state index < -0.39 is 66.0 Å². The average Bonchev–Trinajstić information content (AvgIpc) is 3.16. The van der Waals surface area contributed by atoms with Crippen LogP contribution in [0.2, 0.25) is 5.02 Å². The Morgan fingerprint density at radius 1 is 0.731 bits per heavy atom. The molecule has 0 saturated carbocycles. The van der Waals surface area contributed by atoms with Gasteiger partial charge in [0, 0.05) is 70.1 Å². The largest absolute Gasteiger partial charge is 0.522 e. The third-order valence-corrected chi connectivity index (χ3v) is 14.5. The number of quaternary nitrogens is 1. The summed E-state index contributed by atoms with van der Waals surface area (Å²) >= 11 is 6.34. The fraction of sp³-hybridized carbons (Fsp3) is 0.441. The van der Waals surface area contributed by atoms with Crippen LogP contribution in [-0.4, -0.2) is 98.2 Å². The predicted octanol–water partition coefficient (Wildman–Crippen LogP) is 5.32. The fourth-order valence-electron chi connectivity index (χ4n) is 7.65. The molecular formula is C34H39ClF2N3O10S2+. The minimum absolute atomic E-state index is 0.0315. The molecule has 6 rings (SSSR count). The molecule has 13 nitrogen and oxygen atoms in total. The maximum atomic E-state index is 15.2. The molecule has 3 heterocycles. The first kappa shape index (κ1) is 38.0. The molecule has 3 aliphatic heterocycles. The number of piperidine rings is 2. The van der Waals surface area contributed by atoms with Gasteiger partial charge in [0.15, 0.2) is 17.3 Å². The van der Waals surface area contributed by atoms with E-state index in [2.05, 4.69) is 0 Å². The summed E-state index contributed by atoms with van der Waals surface area (Å²) in [5.74, 6) is -1.65. The van der Waals surface area contributed by atoms with Crippen molar-refractivity contribution in [3.05, 3.63) is 64.7 Å². The molecule has 2 saturated heterocycles. The van der Waals surface area contributed by atoms with E-state index in [1.165, 1.54) is 61.3 Å². The zero-order valence-electron chi connectivity index (χ0n) is 28.9. The lowest BCUT2D eigenvalue weighted by Crippen LogP contribution is -2.71. The Morgan fingerprint density at radius 2 is 1.17 bits per heavy atom. The van der Waals surface area contributed by atoms with Gasteiger partial charge in [0.1, 0.15) is 51.5 Å². The molecule has 3 aromatic carbocycles. The van der Waals surface area contributed by atoms with Crippen LogP contribution in [0.15, 0.2) is 52.3 Å². The average molecular weight is 787 g/mol. The highest BCUT2D eigenvalue weighted by Gasteiger charge is 2.59. The highest BCUT2D eigenvalue weighted by molar-refractivity contribution is 7.89. The number of ether oxygens (including phenoxy) is 5. The van der Waals surface area contributed by atoms with Crippen molar-refractivity contribution in [2.24, 2.45) is 0 Å². The third-order valence-electron chi connectivity index (χ3n) is 10.3. The number of methoxy groups -OCH3 is 4. The molecule has 0 radical (unpaired) electrons. The maximum Gasteiger partial charge on any atom is 0.522 e. The van der Waals surface area contributed by atoms with Crippen molar-refractivity contribution in [2.45, 2.75) is 54.2 Å². The lowest BCUT2D eigenvalue weighted by molar-refractivity contribution is 0.0267. The highest BCUT2D eigenvalue weighted by Crippen LogP contribution is 2.48. The molecule has 3 aliphatic rings. The first-order chi connectivity index (χ1) is 24.7. The van der Waals surface area contributed by atoms with E-state index in [9.17, 15) is 26.0 Å². The topological polar surface area (TPSA) is 138 Å². The standard InChI is InChI=1S/C34H39ClF2N3O10S2/c1-46-23-5-7-28(48-3)30(17-23)51(42,43)38-13-9-21(10-14-38)40(27-19-26(36)33(37)32(35)25(27)20-50-34(40)41)22-11-15-39(16-12-22)52(44,45)31-18-24(47-2)6-8-29(31)49-4/h5-8,17-19,21-22H,9-16,20H2,1-4H3/q+1. The van der Waals surface area contributed by atoms with E-state index in [1.807, 2.05) is 0 Å². The number of halogens is 3. The van der Waals surface area contributed by atoms with Gasteiger partial charge in [-0.25, -0.2) is 25.6 Å². The highest BCUT2D eigenvalue weighted by atomic mass is 35.5. The quantitative estimate of drug-likeness (QED) is 0.196. The number of sulfonamides is 2. The van der Waals surface area contributed by atoms with Crippen molar-refractivity contribution in [3.8, 4) is 23.0 Å². The Kier molecular flexibility index (Phi) is 10.7. The van der Waals surface area contributed by atoms with Crippen LogP contribution in [0.25, 0.3) is 0 Å². The summed E-state index contributed by atoms with van der Waals surface area (Å²) in [6.45, 7) is -0.519. The summed E-state index contributed by atoms with van der Waals surface area (Å²) in [6.07, 6.45) is -0.250. The van der Waals surface area contributed by atoms with Crippen LogP contribution >= 0.6 is 11.6 Å². The molecule has 0 bridgehead atoms. The second-order valence-electron chi connectivity index (χ2n) is 12.6. The SMILES string of the molecule is COc1ccc(OC)c(S(=O)(=O)N2CCC([N+]3(C4CCN(S(=O)(=O)c5cc(OC)ccc5OC)CC4)C(=O)OCc4c3cc(F)c(F)c4Cl)CC2)c1. The number of hydrogen-bond acceptors (Lipinski definition) is 10. The molecule has 18 heteroatoms. The van der Waals surface area contributed by atoms with Gasteiger partial charge < -0.3 is 23.7 Å². The second-order valence-corrected chi connectivity index (χ2v) is 16.8. The predicted molar refractivity (Wildman–Crippen MR) is 186 cm³/mol. The fourth-order valence-corrected chi connectivity index (χ4v) is 11.2. The molecule has 2 fully saturated rings. The van der Waals surface area contributed by atoms with Crippen molar-refractivity contribution >= 4 is 43.4 Å². The summed E-state index contributed by atoms with van der Waals surface area (Å²) in [4.78, 5) is 14.1. The van der Waals surface area contributed by atoms with Gasteiger partial charge in [-0.15, -0.1) is 0 Å². The third kappa shape index (κ3) is 6.24. The normalized spacial score (nSPS) is 19.1. The smallest absolute Gasteiger partial charge is 0.497 e. The van der Waals surface area contributed by atoms with Gasteiger partial charge in [-0.2, -0.15) is 17.9 Å². The molecule has 52 heavy (non-hydrogen) atoms. The number of carbonyl (C=O) groups is 1. The Morgan fingerprint density at radius 3 is 1.58 bits per heavy atom. The van der Waals surface area contributed by atoms with Crippen LogP contribution in [0.3, 0.4) is 0 Å². The van der Waals surface area contributed by atoms with Crippen LogP contribution in [0, 0.1) is 11.6 Å². The number of nitrogens with zero attached hydrogens (tertiary/aromatic N) is 3. The molecular weight excluding hydrogens is 748 g/mol. The summed E-state index contributed by atoms with van der Waals surface area (Å²) in [6, 6.07) is 8.51. The lowest BCUT2D eigenvalue weighted by Gasteiger charge is -2.51. The van der Waals surface area contributed by atoms with E-state index in [1.54, 1.807) is 12.1 Å². The summed E-state index contributed by atoms with van der Waals surface area (Å²) < 4.78 is 115. The number of fused-ring (bicyclic) bond motifs is 1. The van der Waals surface area contributed by atoms with Crippen molar-refractivity contribution in [1.29, 1.82) is 0 Å². The minimum Gasteiger partial charge on any atom is -0.497 e. The molecule has 1 amide bonds. The van der Waals surface area contributed by atoms with Gasteiger partial charge in [0.05, 0.1) is 39.0 Å². The van der Waals surface area contributed by atoms with Gasteiger partial charge in [-0.1, -0.05) is 11.6 Å². The van der Waals surface area contributed by atoms with Gasteiger partial charge in [0.2, 0.25) is 20.0 Å². The number of carbonyl (C=O) groups excluding carboxylic acids is 1. The zero-order chi connectivity index (χ0) is 37.6. The molecule has 0 aromatic heterocycles. The first-order valence-electron chi connectivity index (χ1n) is 16.4. The lowest BCUT2D eigenvalue weighted by atomic mass is 9.90. The number of benzene rings is 3. The molecule has 282 valence electrons. The summed E-state index contributed by atoms with van der Waals surface area (Å²) in [5, 5.41) is -0.514. The van der Waals surface area contributed by atoms with Crippen LogP contribution in [0.5, 0.6) is 23.0 Å². The molecule has 0 aliphatic carbocycles.